The summed E-state index contributed by atoms with van der Waals surface area (Å²) in [7, 11) is 1.81. The van der Waals surface area contributed by atoms with Crippen molar-refractivity contribution in [2.75, 3.05) is 20.1 Å². The molecule has 0 aliphatic carbocycles. The van der Waals surface area contributed by atoms with Crippen LogP contribution in [0, 0.1) is 0 Å². The van der Waals surface area contributed by atoms with Crippen LogP contribution >= 0.6 is 11.3 Å². The maximum absolute atomic E-state index is 12.4. The molecular weight excluding hydrogens is 300 g/mol. The molecular formula is C16H24N2O3S. The van der Waals surface area contributed by atoms with Crippen molar-refractivity contribution in [1.82, 2.24) is 9.80 Å². The Balaban J connectivity index is 1.98. The summed E-state index contributed by atoms with van der Waals surface area (Å²) < 4.78 is 5.42. The van der Waals surface area contributed by atoms with Crippen LogP contribution in [0.3, 0.4) is 0 Å². The highest BCUT2D eigenvalue weighted by Crippen LogP contribution is 2.20. The summed E-state index contributed by atoms with van der Waals surface area (Å²) in [6.45, 7) is 6.79. The molecule has 22 heavy (non-hydrogen) atoms. The van der Waals surface area contributed by atoms with E-state index in [9.17, 15) is 9.59 Å². The van der Waals surface area contributed by atoms with Crippen LogP contribution in [0.2, 0.25) is 0 Å². The van der Waals surface area contributed by atoms with Crippen LogP contribution in [-0.4, -0.2) is 53.6 Å². The number of hydrogen-bond donors (Lipinski definition) is 0. The van der Waals surface area contributed by atoms with Crippen LogP contribution in [0.25, 0.3) is 0 Å². The van der Waals surface area contributed by atoms with Crippen molar-refractivity contribution in [2.45, 2.75) is 45.3 Å². The number of amides is 2. The van der Waals surface area contributed by atoms with E-state index in [1.54, 1.807) is 9.80 Å². The van der Waals surface area contributed by atoms with E-state index in [4.69, 9.17) is 4.74 Å². The Morgan fingerprint density at radius 3 is 2.73 bits per heavy atom. The van der Waals surface area contributed by atoms with Gasteiger partial charge in [-0.15, -0.1) is 0 Å². The Morgan fingerprint density at radius 2 is 2.14 bits per heavy atom. The van der Waals surface area contributed by atoms with Gasteiger partial charge >= 0.3 is 6.09 Å². The molecule has 1 saturated heterocycles. The molecule has 1 aromatic heterocycles. The lowest BCUT2D eigenvalue weighted by atomic mass is 10.0. The van der Waals surface area contributed by atoms with E-state index >= 15 is 0 Å². The molecule has 122 valence electrons. The van der Waals surface area contributed by atoms with Crippen LogP contribution < -0.4 is 0 Å². The first kappa shape index (κ1) is 16.8. The number of thiophene rings is 1. The number of hydrogen-bond acceptors (Lipinski definition) is 4. The van der Waals surface area contributed by atoms with Gasteiger partial charge in [0, 0.05) is 31.6 Å². The third kappa shape index (κ3) is 4.22. The molecule has 0 N–H and O–H groups in total. The second-order valence-electron chi connectivity index (χ2n) is 6.65. The second kappa shape index (κ2) is 6.69. The van der Waals surface area contributed by atoms with Crippen molar-refractivity contribution < 1.29 is 14.3 Å². The first-order valence-corrected chi connectivity index (χ1v) is 8.49. The number of ether oxygens (including phenoxy) is 1. The third-order valence-electron chi connectivity index (χ3n) is 3.68. The lowest BCUT2D eigenvalue weighted by Crippen LogP contribution is -2.51. The van der Waals surface area contributed by atoms with Crippen molar-refractivity contribution in [3.8, 4) is 0 Å². The molecule has 1 aliphatic heterocycles. The van der Waals surface area contributed by atoms with Gasteiger partial charge in [-0.25, -0.2) is 4.79 Å². The Hall–Kier alpha value is -1.56. The standard InChI is InChI=1S/C16H24N2O3S/c1-16(2,3)21-15(20)18-8-5-6-13(10-18)17(4)14(19)12-7-9-22-11-12/h7,9,11,13H,5-6,8,10H2,1-4H3/t13-/m0/s1. The molecule has 1 atom stereocenters. The number of likely N-dealkylation sites (tertiary alicyclic amines) is 1. The number of carbonyl (C=O) groups excluding carboxylic acids is 2. The summed E-state index contributed by atoms with van der Waals surface area (Å²) in [6, 6.07) is 1.87. The topological polar surface area (TPSA) is 49.9 Å². The van der Waals surface area contributed by atoms with E-state index in [0.717, 1.165) is 12.8 Å². The van der Waals surface area contributed by atoms with Gasteiger partial charge in [-0.3, -0.25) is 4.79 Å². The van der Waals surface area contributed by atoms with E-state index in [0.29, 0.717) is 18.7 Å². The van der Waals surface area contributed by atoms with Gasteiger partial charge in [0.2, 0.25) is 0 Å². The highest BCUT2D eigenvalue weighted by molar-refractivity contribution is 7.08. The summed E-state index contributed by atoms with van der Waals surface area (Å²) in [4.78, 5) is 28.0. The minimum atomic E-state index is -0.498. The molecule has 0 unspecified atom stereocenters. The quantitative estimate of drug-likeness (QED) is 0.839. The van der Waals surface area contributed by atoms with Crippen LogP contribution in [0.15, 0.2) is 16.8 Å². The summed E-state index contributed by atoms with van der Waals surface area (Å²) >= 11 is 1.51. The van der Waals surface area contributed by atoms with Crippen LogP contribution in [-0.2, 0) is 4.74 Å². The highest BCUT2D eigenvalue weighted by Gasteiger charge is 2.31. The van der Waals surface area contributed by atoms with E-state index in [1.807, 2.05) is 44.6 Å². The fraction of sp³-hybridized carbons (Fsp3) is 0.625. The third-order valence-corrected chi connectivity index (χ3v) is 4.37. The lowest BCUT2D eigenvalue weighted by molar-refractivity contribution is 0.0123. The van der Waals surface area contributed by atoms with E-state index in [-0.39, 0.29) is 18.0 Å². The zero-order valence-electron chi connectivity index (χ0n) is 13.7. The molecule has 2 amide bonds. The van der Waals surface area contributed by atoms with Gasteiger partial charge < -0.3 is 14.5 Å². The number of rotatable bonds is 2. The predicted octanol–water partition coefficient (Wildman–Crippen LogP) is 3.22. The second-order valence-corrected chi connectivity index (χ2v) is 7.43. The normalized spacial score (nSPS) is 18.9. The molecule has 0 aromatic carbocycles. The molecule has 1 fully saturated rings. The first-order chi connectivity index (χ1) is 10.3. The van der Waals surface area contributed by atoms with Gasteiger partial charge in [-0.1, -0.05) is 0 Å². The SMILES string of the molecule is CN(C(=O)c1ccsc1)[C@H]1CCCN(C(=O)OC(C)(C)C)C1. The number of carbonyl (C=O) groups is 2. The van der Waals surface area contributed by atoms with Crippen LogP contribution in [0.5, 0.6) is 0 Å². The highest BCUT2D eigenvalue weighted by atomic mass is 32.1. The van der Waals surface area contributed by atoms with Gasteiger partial charge in [-0.05, 0) is 45.1 Å². The molecule has 0 radical (unpaired) electrons. The zero-order chi connectivity index (χ0) is 16.3. The number of nitrogens with zero attached hydrogens (tertiary/aromatic N) is 2. The smallest absolute Gasteiger partial charge is 0.410 e. The monoisotopic (exact) mass is 324 g/mol. The molecule has 2 heterocycles. The van der Waals surface area contributed by atoms with Crippen molar-refractivity contribution >= 4 is 23.3 Å². The minimum Gasteiger partial charge on any atom is -0.444 e. The summed E-state index contributed by atoms with van der Waals surface area (Å²) in [6.07, 6.45) is 1.49. The minimum absolute atomic E-state index is 0.0114. The van der Waals surface area contributed by atoms with Crippen LogP contribution in [0.1, 0.15) is 44.0 Å². The van der Waals surface area contributed by atoms with Gasteiger partial charge in [0.15, 0.2) is 0 Å². The summed E-state index contributed by atoms with van der Waals surface area (Å²) in [5.74, 6) is 0.0114. The average molecular weight is 324 g/mol. The van der Waals surface area contributed by atoms with Crippen LogP contribution in [0.4, 0.5) is 4.79 Å². The lowest BCUT2D eigenvalue weighted by Gasteiger charge is -2.38. The van der Waals surface area contributed by atoms with Crippen molar-refractivity contribution in [3.05, 3.63) is 22.4 Å². The first-order valence-electron chi connectivity index (χ1n) is 7.55. The van der Waals surface area contributed by atoms with Crippen molar-refractivity contribution in [3.63, 3.8) is 0 Å². The molecule has 0 saturated carbocycles. The Labute approximate surface area is 135 Å². The molecule has 2 rings (SSSR count). The van der Waals surface area contributed by atoms with Gasteiger partial charge in [0.05, 0.1) is 5.56 Å². The molecule has 1 aliphatic rings. The molecule has 5 nitrogen and oxygen atoms in total. The average Bonchev–Trinajstić information content (AvgIpc) is 2.98. The van der Waals surface area contributed by atoms with E-state index in [2.05, 4.69) is 0 Å². The van der Waals surface area contributed by atoms with Crippen molar-refractivity contribution in [2.24, 2.45) is 0 Å². The number of likely N-dealkylation sites (N-methyl/N-ethyl adjacent to an activating group) is 1. The molecule has 0 bridgehead atoms. The summed E-state index contributed by atoms with van der Waals surface area (Å²) in [5, 5.41) is 3.75. The predicted molar refractivity (Wildman–Crippen MR) is 87.2 cm³/mol. The Morgan fingerprint density at radius 1 is 1.41 bits per heavy atom. The Kier molecular flexibility index (Phi) is 5.11. The maximum Gasteiger partial charge on any atom is 0.410 e. The fourth-order valence-corrected chi connectivity index (χ4v) is 3.15. The zero-order valence-corrected chi connectivity index (χ0v) is 14.5. The van der Waals surface area contributed by atoms with Gasteiger partial charge in [0.1, 0.15) is 5.60 Å². The molecule has 6 heteroatoms. The van der Waals surface area contributed by atoms with Gasteiger partial charge in [0.25, 0.3) is 5.91 Å². The molecule has 1 aromatic rings. The van der Waals surface area contributed by atoms with Crippen molar-refractivity contribution in [1.29, 1.82) is 0 Å². The van der Waals surface area contributed by atoms with E-state index in [1.165, 1.54) is 11.3 Å². The van der Waals surface area contributed by atoms with E-state index < -0.39 is 5.60 Å². The van der Waals surface area contributed by atoms with Gasteiger partial charge in [-0.2, -0.15) is 11.3 Å². The maximum atomic E-state index is 12.4. The fourth-order valence-electron chi connectivity index (χ4n) is 2.52. The number of piperidine rings is 1. The largest absolute Gasteiger partial charge is 0.444 e. The summed E-state index contributed by atoms with van der Waals surface area (Å²) in [5.41, 5.74) is 0.212. The molecule has 0 spiro atoms. The Bertz CT molecular complexity index is 522.